The van der Waals surface area contributed by atoms with Gasteiger partial charge in [0.25, 0.3) is 0 Å². The minimum atomic E-state index is -0.365. The van der Waals surface area contributed by atoms with Crippen molar-refractivity contribution in [2.75, 3.05) is 22.5 Å². The van der Waals surface area contributed by atoms with Crippen LogP contribution in [0.5, 0.6) is 0 Å². The van der Waals surface area contributed by atoms with Crippen molar-refractivity contribution in [3.8, 4) is 0 Å². The number of nitrogens with two attached hydrogens (primary N) is 1. The largest absolute Gasteiger partial charge is 0.368 e. The number of aromatic nitrogens is 5. The van der Waals surface area contributed by atoms with Crippen LogP contribution in [0.15, 0.2) is 30.3 Å². The molecular formula is C19H20ClFN8. The summed E-state index contributed by atoms with van der Waals surface area (Å²) in [7, 11) is 0. The summed E-state index contributed by atoms with van der Waals surface area (Å²) in [5.74, 6) is 1.02. The molecular weight excluding hydrogens is 395 g/mol. The topological polar surface area (TPSA) is 109 Å². The van der Waals surface area contributed by atoms with E-state index in [-0.39, 0.29) is 17.8 Å². The van der Waals surface area contributed by atoms with Gasteiger partial charge >= 0.3 is 0 Å². The summed E-state index contributed by atoms with van der Waals surface area (Å²) in [6.07, 6.45) is 5.58. The highest BCUT2D eigenvalue weighted by atomic mass is 35.5. The number of nitrogens with one attached hydrogen (secondary N) is 2. The molecule has 10 heteroatoms. The first-order valence-electron chi connectivity index (χ1n) is 9.22. The van der Waals surface area contributed by atoms with Crippen molar-refractivity contribution in [3.05, 3.63) is 52.4 Å². The number of rotatable bonds is 5. The summed E-state index contributed by atoms with van der Waals surface area (Å²) in [4.78, 5) is 15.0. The molecule has 0 aliphatic carbocycles. The van der Waals surface area contributed by atoms with Crippen molar-refractivity contribution in [2.45, 2.75) is 25.8 Å². The van der Waals surface area contributed by atoms with E-state index in [1.165, 1.54) is 12.1 Å². The molecule has 29 heavy (non-hydrogen) atoms. The number of halogens is 2. The van der Waals surface area contributed by atoms with Gasteiger partial charge in [0.2, 0.25) is 17.8 Å². The van der Waals surface area contributed by atoms with Crippen molar-refractivity contribution in [2.24, 2.45) is 0 Å². The first-order valence-corrected chi connectivity index (χ1v) is 9.59. The second-order valence-corrected chi connectivity index (χ2v) is 7.08. The third kappa shape index (κ3) is 4.14. The van der Waals surface area contributed by atoms with Gasteiger partial charge in [0, 0.05) is 17.6 Å². The number of hydrogen-bond acceptors (Lipinski definition) is 7. The van der Waals surface area contributed by atoms with Gasteiger partial charge in [-0.1, -0.05) is 23.7 Å². The molecule has 0 radical (unpaired) electrons. The maximum atomic E-state index is 13.4. The van der Waals surface area contributed by atoms with E-state index >= 15 is 0 Å². The fraction of sp³-hybridized carbons (Fsp3) is 0.263. The van der Waals surface area contributed by atoms with E-state index in [2.05, 4.69) is 30.5 Å². The van der Waals surface area contributed by atoms with Crippen LogP contribution in [0.25, 0.3) is 6.08 Å². The average molecular weight is 415 g/mol. The highest BCUT2D eigenvalue weighted by molar-refractivity contribution is 6.31. The lowest BCUT2D eigenvalue weighted by molar-refractivity contribution is 0.624. The molecule has 2 aromatic heterocycles. The van der Waals surface area contributed by atoms with Crippen LogP contribution < -0.4 is 16.0 Å². The number of nitrogens with zero attached hydrogens (tertiary/aromatic N) is 5. The summed E-state index contributed by atoms with van der Waals surface area (Å²) in [6.45, 7) is 2.65. The minimum absolute atomic E-state index is 0.0653. The van der Waals surface area contributed by atoms with Crippen LogP contribution in [0.3, 0.4) is 0 Å². The molecule has 4 rings (SSSR count). The van der Waals surface area contributed by atoms with Crippen molar-refractivity contribution < 1.29 is 4.39 Å². The zero-order valence-electron chi connectivity index (χ0n) is 15.7. The average Bonchev–Trinajstić information content (AvgIpc) is 3.31. The normalized spacial score (nSPS) is 16.7. The molecule has 1 atom stereocenters. The molecule has 1 aliphatic heterocycles. The Kier molecular flexibility index (Phi) is 5.30. The van der Waals surface area contributed by atoms with Crippen LogP contribution in [0.4, 0.5) is 28.1 Å². The lowest BCUT2D eigenvalue weighted by atomic mass is 10.0. The molecule has 1 unspecified atom stereocenters. The Labute approximate surface area is 172 Å². The molecule has 1 fully saturated rings. The fourth-order valence-electron chi connectivity index (χ4n) is 3.45. The molecule has 0 saturated carbocycles. The second kappa shape index (κ2) is 8.04. The number of nitrogen functional groups attached to an aromatic ring is 1. The van der Waals surface area contributed by atoms with Gasteiger partial charge in [-0.25, -0.2) is 4.39 Å². The monoisotopic (exact) mass is 414 g/mol. The van der Waals surface area contributed by atoms with E-state index in [4.69, 9.17) is 17.3 Å². The first-order chi connectivity index (χ1) is 14.0. The van der Waals surface area contributed by atoms with E-state index in [1.807, 2.05) is 30.0 Å². The van der Waals surface area contributed by atoms with Gasteiger partial charge in [-0.3, -0.25) is 5.10 Å². The van der Waals surface area contributed by atoms with Crippen LogP contribution in [0, 0.1) is 5.82 Å². The summed E-state index contributed by atoms with van der Waals surface area (Å²) in [5, 5.41) is 10.5. The smallest absolute Gasteiger partial charge is 0.235 e. The van der Waals surface area contributed by atoms with E-state index < -0.39 is 0 Å². The maximum Gasteiger partial charge on any atom is 0.235 e. The summed E-state index contributed by atoms with van der Waals surface area (Å²) >= 11 is 6.29. The SMILES string of the molecule is C/C=C/c1cc(Nc2nc(N)nc(N3CCCC3c3ccc(F)cc3Cl)n2)n[nH]1. The number of anilines is 4. The Hall–Kier alpha value is -3.20. The third-order valence-corrected chi connectivity index (χ3v) is 4.98. The van der Waals surface area contributed by atoms with Crippen LogP contribution in [-0.4, -0.2) is 31.7 Å². The van der Waals surface area contributed by atoms with Crippen molar-refractivity contribution >= 4 is 41.3 Å². The molecule has 150 valence electrons. The molecule has 1 aliphatic rings. The molecule has 1 saturated heterocycles. The van der Waals surface area contributed by atoms with Gasteiger partial charge < -0.3 is 16.0 Å². The highest BCUT2D eigenvalue weighted by Gasteiger charge is 2.30. The molecule has 1 aromatic carbocycles. The minimum Gasteiger partial charge on any atom is -0.368 e. The maximum absolute atomic E-state index is 13.4. The Morgan fingerprint density at radius 2 is 2.17 bits per heavy atom. The van der Waals surface area contributed by atoms with Crippen molar-refractivity contribution in [1.29, 1.82) is 0 Å². The standard InChI is InChI=1S/C19H20ClFN8/c1-2-4-12-10-16(28-27-12)23-18-24-17(22)25-19(26-18)29-8-3-5-15(29)13-7-6-11(21)9-14(13)20/h2,4,6-7,9-10,15H,3,5,8H2,1H3,(H4,22,23,24,25,26,27,28)/b4-2+. The van der Waals surface area contributed by atoms with Gasteiger partial charge in [0.1, 0.15) is 5.82 Å². The fourth-order valence-corrected chi connectivity index (χ4v) is 3.74. The lowest BCUT2D eigenvalue weighted by Crippen LogP contribution is -2.26. The quantitative estimate of drug-likeness (QED) is 0.576. The van der Waals surface area contributed by atoms with E-state index in [0.717, 1.165) is 30.6 Å². The van der Waals surface area contributed by atoms with Gasteiger partial charge in [0.15, 0.2) is 5.82 Å². The number of benzene rings is 1. The lowest BCUT2D eigenvalue weighted by Gasteiger charge is -2.26. The number of aromatic amines is 1. The number of hydrogen-bond donors (Lipinski definition) is 3. The summed E-state index contributed by atoms with van der Waals surface area (Å²) < 4.78 is 13.4. The Balaban J connectivity index is 1.62. The van der Waals surface area contributed by atoms with E-state index in [0.29, 0.717) is 22.7 Å². The van der Waals surface area contributed by atoms with Crippen LogP contribution in [0.1, 0.15) is 37.1 Å². The van der Waals surface area contributed by atoms with Crippen LogP contribution in [0.2, 0.25) is 5.02 Å². The second-order valence-electron chi connectivity index (χ2n) is 6.67. The molecule has 4 N–H and O–H groups in total. The molecule has 3 aromatic rings. The summed E-state index contributed by atoms with van der Waals surface area (Å²) in [6, 6.07) is 6.20. The van der Waals surface area contributed by atoms with E-state index in [9.17, 15) is 4.39 Å². The summed E-state index contributed by atoms with van der Waals surface area (Å²) in [5.41, 5.74) is 7.61. The third-order valence-electron chi connectivity index (χ3n) is 4.66. The Morgan fingerprint density at radius 3 is 2.97 bits per heavy atom. The molecule has 0 bridgehead atoms. The van der Waals surface area contributed by atoms with Crippen molar-refractivity contribution in [3.63, 3.8) is 0 Å². The number of H-pyrrole nitrogens is 1. The Bertz CT molecular complexity index is 1050. The Morgan fingerprint density at radius 1 is 1.31 bits per heavy atom. The zero-order chi connectivity index (χ0) is 20.4. The highest BCUT2D eigenvalue weighted by Crippen LogP contribution is 2.38. The van der Waals surface area contributed by atoms with Crippen LogP contribution >= 0.6 is 11.6 Å². The zero-order valence-corrected chi connectivity index (χ0v) is 16.5. The first kappa shape index (κ1) is 19.1. The van der Waals surface area contributed by atoms with Gasteiger partial charge in [-0.2, -0.15) is 20.1 Å². The molecule has 0 spiro atoms. The number of allylic oxidation sites excluding steroid dienone is 1. The van der Waals surface area contributed by atoms with Crippen molar-refractivity contribution in [1.82, 2.24) is 25.1 Å². The molecule has 0 amide bonds. The molecule has 8 nitrogen and oxygen atoms in total. The van der Waals surface area contributed by atoms with Gasteiger partial charge in [-0.05, 0) is 43.5 Å². The van der Waals surface area contributed by atoms with Gasteiger partial charge in [0.05, 0.1) is 11.7 Å². The predicted molar refractivity (Wildman–Crippen MR) is 112 cm³/mol. The van der Waals surface area contributed by atoms with Gasteiger partial charge in [-0.15, -0.1) is 0 Å². The van der Waals surface area contributed by atoms with Crippen LogP contribution in [-0.2, 0) is 0 Å². The van der Waals surface area contributed by atoms with E-state index in [1.54, 1.807) is 6.07 Å². The predicted octanol–water partition coefficient (Wildman–Crippen LogP) is 4.09. The molecule has 3 heterocycles.